The Morgan fingerprint density at radius 1 is 1.04 bits per heavy atom. The summed E-state index contributed by atoms with van der Waals surface area (Å²) in [5.41, 5.74) is 0.950. The number of carbonyl (C=O) groups is 1. The maximum Gasteiger partial charge on any atom is 0.255 e. The lowest BCUT2D eigenvalue weighted by Crippen LogP contribution is -2.48. The minimum Gasteiger partial charge on any atom is -0.373 e. The summed E-state index contributed by atoms with van der Waals surface area (Å²) in [6.45, 7) is 4.30. The molecule has 1 aliphatic rings. The van der Waals surface area contributed by atoms with Crippen LogP contribution >= 0.6 is 0 Å². The largest absolute Gasteiger partial charge is 0.373 e. The van der Waals surface area contributed by atoms with Gasteiger partial charge in [-0.05, 0) is 44.2 Å². The molecule has 1 fully saturated rings. The molecule has 0 radical (unpaired) electrons. The van der Waals surface area contributed by atoms with Crippen LogP contribution in [0.15, 0.2) is 59.5 Å². The number of nitrogens with one attached hydrogen (secondary N) is 1. The Morgan fingerprint density at radius 2 is 1.69 bits per heavy atom. The first-order valence-corrected chi connectivity index (χ1v) is 9.92. The number of hydrogen-bond acceptors (Lipinski definition) is 4. The molecule has 3 rings (SSSR count). The number of ether oxygens (including phenoxy) is 1. The predicted molar refractivity (Wildman–Crippen MR) is 99.6 cm³/mol. The summed E-state index contributed by atoms with van der Waals surface area (Å²) in [6.07, 6.45) is -0.337. The van der Waals surface area contributed by atoms with Crippen molar-refractivity contribution < 1.29 is 17.9 Å². The number of para-hydroxylation sites is 1. The lowest BCUT2D eigenvalue weighted by molar-refractivity contribution is -0.0440. The molecule has 0 spiro atoms. The standard InChI is InChI=1S/C19H22N2O4S/c1-14-12-21(13-15(2)25-14)26(23,24)18-10-6-7-16(11-18)19(22)20-17-8-4-3-5-9-17/h3-11,14-15H,12-13H2,1-2H3,(H,20,22)/t14-,15+. The summed E-state index contributed by atoms with van der Waals surface area (Å²) in [5.74, 6) is -0.350. The molecule has 0 aliphatic carbocycles. The maximum atomic E-state index is 13.0. The number of rotatable bonds is 4. The summed E-state index contributed by atoms with van der Waals surface area (Å²) in [7, 11) is -3.68. The smallest absolute Gasteiger partial charge is 0.255 e. The van der Waals surface area contributed by atoms with Crippen molar-refractivity contribution in [3.8, 4) is 0 Å². The number of sulfonamides is 1. The highest BCUT2D eigenvalue weighted by atomic mass is 32.2. The van der Waals surface area contributed by atoms with Crippen LogP contribution < -0.4 is 5.32 Å². The zero-order valence-electron chi connectivity index (χ0n) is 14.8. The van der Waals surface area contributed by atoms with Crippen molar-refractivity contribution in [2.45, 2.75) is 31.0 Å². The second-order valence-electron chi connectivity index (χ2n) is 6.43. The van der Waals surface area contributed by atoms with Gasteiger partial charge in [-0.25, -0.2) is 8.42 Å². The maximum absolute atomic E-state index is 13.0. The summed E-state index contributed by atoms with van der Waals surface area (Å²) in [4.78, 5) is 12.5. The van der Waals surface area contributed by atoms with Gasteiger partial charge < -0.3 is 10.1 Å². The van der Waals surface area contributed by atoms with Crippen LogP contribution in [0.1, 0.15) is 24.2 Å². The van der Waals surface area contributed by atoms with Gasteiger partial charge in [0.2, 0.25) is 10.0 Å². The molecule has 7 heteroatoms. The van der Waals surface area contributed by atoms with E-state index >= 15 is 0 Å². The molecule has 1 saturated heterocycles. The predicted octanol–water partition coefficient (Wildman–Crippen LogP) is 2.74. The second kappa shape index (κ2) is 7.57. The van der Waals surface area contributed by atoms with Crippen LogP contribution in [0.25, 0.3) is 0 Å². The number of amides is 1. The van der Waals surface area contributed by atoms with Crippen LogP contribution in [0.5, 0.6) is 0 Å². The van der Waals surface area contributed by atoms with Crippen LogP contribution in [-0.2, 0) is 14.8 Å². The van der Waals surface area contributed by atoms with Crippen LogP contribution in [-0.4, -0.2) is 43.9 Å². The molecule has 1 N–H and O–H groups in total. The van der Waals surface area contributed by atoms with Gasteiger partial charge in [0.25, 0.3) is 5.91 Å². The van der Waals surface area contributed by atoms with Gasteiger partial charge in [-0.2, -0.15) is 4.31 Å². The fraction of sp³-hybridized carbons (Fsp3) is 0.316. The second-order valence-corrected chi connectivity index (χ2v) is 8.37. The van der Waals surface area contributed by atoms with Gasteiger partial charge in [0, 0.05) is 24.3 Å². The van der Waals surface area contributed by atoms with E-state index in [1.807, 2.05) is 32.0 Å². The van der Waals surface area contributed by atoms with Gasteiger partial charge in [0.15, 0.2) is 0 Å². The van der Waals surface area contributed by atoms with Crippen molar-refractivity contribution in [2.24, 2.45) is 0 Å². The first-order valence-electron chi connectivity index (χ1n) is 8.48. The van der Waals surface area contributed by atoms with E-state index in [1.54, 1.807) is 24.3 Å². The van der Waals surface area contributed by atoms with E-state index in [1.165, 1.54) is 16.4 Å². The fourth-order valence-corrected chi connectivity index (χ4v) is 4.64. The average molecular weight is 374 g/mol. The van der Waals surface area contributed by atoms with Crippen LogP contribution in [0, 0.1) is 0 Å². The molecule has 2 aromatic carbocycles. The fourth-order valence-electron chi connectivity index (χ4n) is 3.00. The van der Waals surface area contributed by atoms with Crippen molar-refractivity contribution >= 4 is 21.6 Å². The molecule has 1 aliphatic heterocycles. The molecule has 1 amide bonds. The SMILES string of the molecule is C[C@@H]1CN(S(=O)(=O)c2cccc(C(=O)Nc3ccccc3)c2)C[C@H](C)O1. The summed E-state index contributed by atoms with van der Waals surface area (Å²) in [5, 5.41) is 2.76. The van der Waals surface area contributed by atoms with Crippen molar-refractivity contribution in [2.75, 3.05) is 18.4 Å². The van der Waals surface area contributed by atoms with Gasteiger partial charge in [-0.3, -0.25) is 4.79 Å². The topological polar surface area (TPSA) is 75.7 Å². The minimum absolute atomic E-state index is 0.111. The van der Waals surface area contributed by atoms with Crippen molar-refractivity contribution in [3.05, 3.63) is 60.2 Å². The van der Waals surface area contributed by atoms with E-state index < -0.39 is 10.0 Å². The van der Waals surface area contributed by atoms with Crippen LogP contribution in [0.2, 0.25) is 0 Å². The van der Waals surface area contributed by atoms with E-state index in [-0.39, 0.29) is 23.0 Å². The van der Waals surface area contributed by atoms with Crippen molar-refractivity contribution in [1.29, 1.82) is 0 Å². The van der Waals surface area contributed by atoms with Gasteiger partial charge in [0.1, 0.15) is 0 Å². The summed E-state index contributed by atoms with van der Waals surface area (Å²) < 4.78 is 32.9. The number of hydrogen-bond donors (Lipinski definition) is 1. The first kappa shape index (κ1) is 18.6. The highest BCUT2D eigenvalue weighted by Crippen LogP contribution is 2.22. The van der Waals surface area contributed by atoms with E-state index in [4.69, 9.17) is 4.74 Å². The Bertz CT molecular complexity index is 873. The third-order valence-electron chi connectivity index (χ3n) is 4.15. The Balaban J connectivity index is 1.83. The van der Waals surface area contributed by atoms with Crippen LogP contribution in [0.4, 0.5) is 5.69 Å². The monoisotopic (exact) mass is 374 g/mol. The van der Waals surface area contributed by atoms with E-state index in [9.17, 15) is 13.2 Å². The molecule has 1 heterocycles. The van der Waals surface area contributed by atoms with Gasteiger partial charge >= 0.3 is 0 Å². The number of anilines is 1. The minimum atomic E-state index is -3.68. The molecule has 6 nitrogen and oxygen atoms in total. The highest BCUT2D eigenvalue weighted by Gasteiger charge is 2.32. The molecule has 0 unspecified atom stereocenters. The highest BCUT2D eigenvalue weighted by molar-refractivity contribution is 7.89. The molecular formula is C19H22N2O4S. The molecule has 2 aromatic rings. The van der Waals surface area contributed by atoms with E-state index in [0.29, 0.717) is 24.3 Å². The Hall–Kier alpha value is -2.22. The number of benzene rings is 2. The lowest BCUT2D eigenvalue weighted by atomic mass is 10.2. The van der Waals surface area contributed by atoms with E-state index in [0.717, 1.165) is 0 Å². The zero-order valence-corrected chi connectivity index (χ0v) is 15.6. The quantitative estimate of drug-likeness (QED) is 0.893. The summed E-state index contributed by atoms with van der Waals surface area (Å²) in [6, 6.07) is 15.1. The molecular weight excluding hydrogens is 352 g/mol. The Morgan fingerprint density at radius 3 is 2.35 bits per heavy atom. The summed E-state index contributed by atoms with van der Waals surface area (Å²) >= 11 is 0. The lowest BCUT2D eigenvalue weighted by Gasteiger charge is -2.34. The third kappa shape index (κ3) is 4.12. The van der Waals surface area contributed by atoms with Crippen molar-refractivity contribution in [1.82, 2.24) is 4.31 Å². The van der Waals surface area contributed by atoms with Crippen LogP contribution in [0.3, 0.4) is 0 Å². The van der Waals surface area contributed by atoms with E-state index in [2.05, 4.69) is 5.32 Å². The molecule has 0 saturated carbocycles. The van der Waals surface area contributed by atoms with Gasteiger partial charge in [0.05, 0.1) is 17.1 Å². The number of morpholine rings is 1. The van der Waals surface area contributed by atoms with Gasteiger partial charge in [-0.1, -0.05) is 24.3 Å². The average Bonchev–Trinajstić information content (AvgIpc) is 2.62. The third-order valence-corrected chi connectivity index (χ3v) is 5.98. The Labute approximate surface area is 153 Å². The zero-order chi connectivity index (χ0) is 18.7. The number of carbonyl (C=O) groups excluding carboxylic acids is 1. The molecule has 26 heavy (non-hydrogen) atoms. The normalized spacial score (nSPS) is 21.3. The molecule has 0 aromatic heterocycles. The van der Waals surface area contributed by atoms with Gasteiger partial charge in [-0.15, -0.1) is 0 Å². The van der Waals surface area contributed by atoms with Crippen molar-refractivity contribution in [3.63, 3.8) is 0 Å². The molecule has 138 valence electrons. The Kier molecular flexibility index (Phi) is 5.41. The number of nitrogens with zero attached hydrogens (tertiary/aromatic N) is 1. The molecule has 0 bridgehead atoms. The first-order chi connectivity index (χ1) is 12.4. The molecule has 2 atom stereocenters.